The number of fused-ring (bicyclic) bond motifs is 2. The molecule has 0 radical (unpaired) electrons. The summed E-state index contributed by atoms with van der Waals surface area (Å²) in [6, 6.07) is 3.70. The van der Waals surface area contributed by atoms with Crippen molar-refractivity contribution in [3.05, 3.63) is 17.8 Å². The second kappa shape index (κ2) is 2.16. The monoisotopic (exact) mass is 177 g/mol. The third-order valence-electron chi connectivity index (χ3n) is 2.15. The molecule has 1 aliphatic heterocycles. The van der Waals surface area contributed by atoms with Crippen molar-refractivity contribution in [3.8, 4) is 11.5 Å². The highest BCUT2D eigenvalue weighted by Crippen LogP contribution is 2.36. The van der Waals surface area contributed by atoms with Crippen LogP contribution in [0.2, 0.25) is 0 Å². The Balaban J connectivity index is 2.38. The zero-order chi connectivity index (χ0) is 8.84. The van der Waals surface area contributed by atoms with Crippen LogP contribution in [0.25, 0.3) is 11.0 Å². The van der Waals surface area contributed by atoms with Gasteiger partial charge in [-0.05, 0) is 13.0 Å². The van der Waals surface area contributed by atoms with Gasteiger partial charge in [0.15, 0.2) is 17.1 Å². The van der Waals surface area contributed by atoms with Crippen LogP contribution in [0.3, 0.4) is 0 Å². The molecule has 0 saturated heterocycles. The smallest absolute Gasteiger partial charge is 0.231 e. The first-order valence-corrected chi connectivity index (χ1v) is 4.00. The quantitative estimate of drug-likeness (QED) is 0.616. The van der Waals surface area contributed by atoms with E-state index in [0.29, 0.717) is 0 Å². The van der Waals surface area contributed by atoms with E-state index in [-0.39, 0.29) is 6.79 Å². The lowest BCUT2D eigenvalue weighted by Crippen LogP contribution is -1.92. The van der Waals surface area contributed by atoms with Crippen LogP contribution in [0.1, 0.15) is 5.69 Å². The number of aryl methyl sites for hydroxylation is 1. The summed E-state index contributed by atoms with van der Waals surface area (Å²) in [4.78, 5) is 0. The second-order valence-electron chi connectivity index (χ2n) is 2.97. The Morgan fingerprint density at radius 3 is 2.85 bits per heavy atom. The van der Waals surface area contributed by atoms with Gasteiger partial charge >= 0.3 is 0 Å². The third-order valence-corrected chi connectivity index (χ3v) is 2.15. The molecule has 0 atom stereocenters. The summed E-state index contributed by atoms with van der Waals surface area (Å²) in [5.74, 6) is 1.49. The lowest BCUT2D eigenvalue weighted by atomic mass is 10.2. The molecule has 13 heavy (non-hydrogen) atoms. The van der Waals surface area contributed by atoms with Crippen LogP contribution < -0.4 is 9.47 Å². The van der Waals surface area contributed by atoms with Crippen LogP contribution in [0.4, 0.5) is 0 Å². The highest BCUT2D eigenvalue weighted by Gasteiger charge is 2.16. The van der Waals surface area contributed by atoms with Gasteiger partial charge < -0.3 is 14.0 Å². The number of nitrogens with zero attached hydrogens (tertiary/aromatic N) is 1. The molecule has 0 bridgehead atoms. The second-order valence-corrected chi connectivity index (χ2v) is 2.97. The van der Waals surface area contributed by atoms with Crippen molar-refractivity contribution in [2.75, 3.05) is 6.79 Å². The van der Waals surface area contributed by atoms with E-state index in [1.54, 1.807) is 6.07 Å². The van der Waals surface area contributed by atoms with Crippen molar-refractivity contribution in [2.45, 2.75) is 6.92 Å². The predicted octanol–water partition coefficient (Wildman–Crippen LogP) is 1.86. The lowest BCUT2D eigenvalue weighted by molar-refractivity contribution is 0.174. The van der Waals surface area contributed by atoms with Crippen molar-refractivity contribution >= 4 is 11.0 Å². The molecule has 0 saturated carbocycles. The van der Waals surface area contributed by atoms with E-state index in [2.05, 4.69) is 5.16 Å². The SMILES string of the molecule is Cc1noc2cc3c(cc12)OCO3. The molecule has 0 spiro atoms. The fourth-order valence-corrected chi connectivity index (χ4v) is 1.45. The van der Waals surface area contributed by atoms with E-state index in [1.165, 1.54) is 0 Å². The lowest BCUT2D eigenvalue weighted by Gasteiger charge is -1.93. The highest BCUT2D eigenvalue weighted by molar-refractivity contribution is 5.83. The fourth-order valence-electron chi connectivity index (χ4n) is 1.45. The summed E-state index contributed by atoms with van der Waals surface area (Å²) < 4.78 is 15.5. The minimum Gasteiger partial charge on any atom is -0.454 e. The number of hydrogen-bond acceptors (Lipinski definition) is 4. The topological polar surface area (TPSA) is 44.5 Å². The average molecular weight is 177 g/mol. The Kier molecular flexibility index (Phi) is 1.12. The van der Waals surface area contributed by atoms with E-state index in [4.69, 9.17) is 14.0 Å². The molecule has 3 rings (SSSR count). The van der Waals surface area contributed by atoms with E-state index in [1.807, 2.05) is 13.0 Å². The normalized spacial score (nSPS) is 13.9. The molecule has 4 nitrogen and oxygen atoms in total. The summed E-state index contributed by atoms with van der Waals surface area (Å²) >= 11 is 0. The fraction of sp³-hybridized carbons (Fsp3) is 0.222. The standard InChI is InChI=1S/C9H7NO3/c1-5-6-2-8-9(12-4-11-8)3-7(6)13-10-5/h2-3H,4H2,1H3. The maximum Gasteiger partial charge on any atom is 0.231 e. The van der Waals surface area contributed by atoms with Crippen LogP contribution in [0.5, 0.6) is 11.5 Å². The molecule has 0 fully saturated rings. The first-order valence-electron chi connectivity index (χ1n) is 4.00. The number of rotatable bonds is 0. The Labute approximate surface area is 74.0 Å². The van der Waals surface area contributed by atoms with Crippen molar-refractivity contribution in [3.63, 3.8) is 0 Å². The minimum atomic E-state index is 0.286. The molecule has 0 amide bonds. The summed E-state index contributed by atoms with van der Waals surface area (Å²) in [6.07, 6.45) is 0. The van der Waals surface area contributed by atoms with E-state index in [0.717, 1.165) is 28.2 Å². The minimum absolute atomic E-state index is 0.286. The molecule has 1 aromatic heterocycles. The van der Waals surface area contributed by atoms with Crippen LogP contribution in [0, 0.1) is 6.92 Å². The van der Waals surface area contributed by atoms with Gasteiger partial charge in [-0.2, -0.15) is 0 Å². The van der Waals surface area contributed by atoms with Gasteiger partial charge in [0.2, 0.25) is 6.79 Å². The van der Waals surface area contributed by atoms with Crippen molar-refractivity contribution in [1.29, 1.82) is 0 Å². The van der Waals surface area contributed by atoms with Gasteiger partial charge in [0.05, 0.1) is 5.69 Å². The largest absolute Gasteiger partial charge is 0.454 e. The van der Waals surface area contributed by atoms with Crippen molar-refractivity contribution in [2.24, 2.45) is 0 Å². The number of benzene rings is 1. The number of ether oxygens (including phenoxy) is 2. The summed E-state index contributed by atoms with van der Waals surface area (Å²) in [5, 5.41) is 4.83. The summed E-state index contributed by atoms with van der Waals surface area (Å²) in [7, 11) is 0. The zero-order valence-electron chi connectivity index (χ0n) is 7.03. The first-order chi connectivity index (χ1) is 6.34. The van der Waals surface area contributed by atoms with Gasteiger partial charge in [-0.3, -0.25) is 0 Å². The van der Waals surface area contributed by atoms with Gasteiger partial charge in [0, 0.05) is 11.5 Å². The number of aromatic nitrogens is 1. The Bertz CT molecular complexity index is 475. The van der Waals surface area contributed by atoms with Crippen LogP contribution in [0.15, 0.2) is 16.7 Å². The van der Waals surface area contributed by atoms with Crippen LogP contribution in [-0.2, 0) is 0 Å². The number of hydrogen-bond donors (Lipinski definition) is 0. The molecule has 66 valence electrons. The maximum atomic E-state index is 5.24. The van der Waals surface area contributed by atoms with Crippen LogP contribution >= 0.6 is 0 Å². The summed E-state index contributed by atoms with van der Waals surface area (Å²) in [6.45, 7) is 2.18. The van der Waals surface area contributed by atoms with E-state index < -0.39 is 0 Å². The van der Waals surface area contributed by atoms with Crippen molar-refractivity contribution in [1.82, 2.24) is 5.16 Å². The van der Waals surface area contributed by atoms with Gasteiger partial charge in [-0.15, -0.1) is 0 Å². The van der Waals surface area contributed by atoms with Crippen molar-refractivity contribution < 1.29 is 14.0 Å². The molecule has 0 N–H and O–H groups in total. The van der Waals surface area contributed by atoms with Crippen LogP contribution in [-0.4, -0.2) is 11.9 Å². The average Bonchev–Trinajstić information content (AvgIpc) is 2.70. The Morgan fingerprint density at radius 1 is 1.23 bits per heavy atom. The highest BCUT2D eigenvalue weighted by atomic mass is 16.7. The molecule has 2 heterocycles. The molecule has 0 unspecified atom stereocenters. The maximum absolute atomic E-state index is 5.24. The molecule has 0 aliphatic carbocycles. The molecule has 1 aliphatic rings. The van der Waals surface area contributed by atoms with E-state index in [9.17, 15) is 0 Å². The predicted molar refractivity (Wildman–Crippen MR) is 44.9 cm³/mol. The molecular formula is C9H7NO3. The molecule has 1 aromatic carbocycles. The summed E-state index contributed by atoms with van der Waals surface area (Å²) in [5.41, 5.74) is 1.61. The Hall–Kier alpha value is -1.71. The van der Waals surface area contributed by atoms with Gasteiger partial charge in [0.1, 0.15) is 0 Å². The van der Waals surface area contributed by atoms with Gasteiger partial charge in [0.25, 0.3) is 0 Å². The van der Waals surface area contributed by atoms with Gasteiger partial charge in [-0.1, -0.05) is 5.16 Å². The van der Waals surface area contributed by atoms with Gasteiger partial charge in [-0.25, -0.2) is 0 Å². The third kappa shape index (κ3) is 0.824. The molecule has 4 heteroatoms. The Morgan fingerprint density at radius 2 is 2.00 bits per heavy atom. The molecular weight excluding hydrogens is 170 g/mol. The zero-order valence-corrected chi connectivity index (χ0v) is 7.03. The first kappa shape index (κ1) is 6.77. The molecule has 2 aromatic rings. The van der Waals surface area contributed by atoms with E-state index >= 15 is 0 Å².